The second-order valence-corrected chi connectivity index (χ2v) is 3.20. The highest BCUT2D eigenvalue weighted by atomic mass is 19.1. The molecule has 4 N–H and O–H groups in total. The molecule has 0 saturated carbocycles. The van der Waals surface area contributed by atoms with Crippen LogP contribution in [0.1, 0.15) is 11.7 Å². The van der Waals surface area contributed by atoms with Gasteiger partial charge in [-0.1, -0.05) is 0 Å². The summed E-state index contributed by atoms with van der Waals surface area (Å²) in [5.74, 6) is -1.79. The summed E-state index contributed by atoms with van der Waals surface area (Å²) in [5.41, 5.74) is 5.25. The third kappa shape index (κ3) is 2.47. The van der Waals surface area contributed by atoms with Crippen LogP contribution in [0, 0.1) is 5.82 Å². The number of methoxy groups -OCH3 is 1. The summed E-state index contributed by atoms with van der Waals surface area (Å²) < 4.78 is 17.8. The van der Waals surface area contributed by atoms with Gasteiger partial charge in [0.05, 0.1) is 7.11 Å². The molecule has 0 aliphatic rings. The van der Waals surface area contributed by atoms with Crippen molar-refractivity contribution >= 4 is 5.97 Å². The van der Waals surface area contributed by atoms with Gasteiger partial charge in [0.25, 0.3) is 0 Å². The highest BCUT2D eigenvalue weighted by molar-refractivity contribution is 5.74. The van der Waals surface area contributed by atoms with E-state index in [1.165, 1.54) is 13.2 Å². The number of carboxylic acids is 1. The molecule has 0 aliphatic carbocycles. The monoisotopic (exact) mass is 229 g/mol. The molecule has 1 aromatic rings. The Morgan fingerprint density at radius 1 is 1.56 bits per heavy atom. The zero-order valence-corrected chi connectivity index (χ0v) is 8.55. The van der Waals surface area contributed by atoms with Gasteiger partial charge in [0.1, 0.15) is 23.7 Å². The van der Waals surface area contributed by atoms with E-state index in [9.17, 15) is 14.3 Å². The van der Waals surface area contributed by atoms with Gasteiger partial charge in [0.2, 0.25) is 0 Å². The Morgan fingerprint density at radius 3 is 2.69 bits per heavy atom. The van der Waals surface area contributed by atoms with Crippen LogP contribution in [0.3, 0.4) is 0 Å². The molecule has 0 amide bonds. The smallest absolute Gasteiger partial charge is 0.323 e. The minimum absolute atomic E-state index is 0.0115. The van der Waals surface area contributed by atoms with E-state index in [2.05, 4.69) is 0 Å². The van der Waals surface area contributed by atoms with Crippen molar-refractivity contribution in [2.45, 2.75) is 12.1 Å². The lowest BCUT2D eigenvalue weighted by Gasteiger charge is -2.17. The maximum Gasteiger partial charge on any atom is 0.323 e. The molecule has 0 fully saturated rings. The molecule has 88 valence electrons. The number of hydrogen-bond acceptors (Lipinski definition) is 4. The molecule has 0 heterocycles. The average Bonchev–Trinajstić information content (AvgIpc) is 2.26. The second-order valence-electron chi connectivity index (χ2n) is 3.20. The highest BCUT2D eigenvalue weighted by Gasteiger charge is 2.26. The largest absolute Gasteiger partial charge is 0.496 e. The van der Waals surface area contributed by atoms with Crippen LogP contribution in [0.5, 0.6) is 5.75 Å². The van der Waals surface area contributed by atoms with Crippen LogP contribution in [0.4, 0.5) is 4.39 Å². The zero-order chi connectivity index (χ0) is 12.3. The predicted octanol–water partition coefficient (Wildman–Crippen LogP) is 0.280. The van der Waals surface area contributed by atoms with Crippen molar-refractivity contribution in [2.24, 2.45) is 5.73 Å². The number of carbonyl (C=O) groups is 1. The number of carboxylic acid groups (broad SMARTS) is 1. The number of aliphatic hydroxyl groups excluding tert-OH is 1. The van der Waals surface area contributed by atoms with Crippen molar-refractivity contribution in [2.75, 3.05) is 7.11 Å². The van der Waals surface area contributed by atoms with Crippen LogP contribution >= 0.6 is 0 Å². The third-order valence-corrected chi connectivity index (χ3v) is 2.14. The number of aliphatic carboxylic acids is 1. The van der Waals surface area contributed by atoms with Crippen molar-refractivity contribution in [3.63, 3.8) is 0 Å². The quantitative estimate of drug-likeness (QED) is 0.689. The summed E-state index contributed by atoms with van der Waals surface area (Å²) >= 11 is 0. The molecule has 0 aromatic heterocycles. The van der Waals surface area contributed by atoms with Gasteiger partial charge in [-0.3, -0.25) is 4.79 Å². The SMILES string of the molecule is COc1ccc(F)cc1C(O)C(N)C(=O)O. The van der Waals surface area contributed by atoms with Crippen LogP contribution < -0.4 is 10.5 Å². The standard InChI is InChI=1S/C10H12FNO4/c1-16-7-3-2-5(11)4-6(7)9(13)8(12)10(14)15/h2-4,8-9,13H,12H2,1H3,(H,14,15). The van der Waals surface area contributed by atoms with Crippen LogP contribution in [-0.2, 0) is 4.79 Å². The van der Waals surface area contributed by atoms with E-state index < -0.39 is 23.9 Å². The van der Waals surface area contributed by atoms with Gasteiger partial charge in [-0.05, 0) is 18.2 Å². The fourth-order valence-corrected chi connectivity index (χ4v) is 1.26. The van der Waals surface area contributed by atoms with E-state index in [1.54, 1.807) is 0 Å². The Kier molecular flexibility index (Phi) is 3.81. The maximum atomic E-state index is 13.0. The molecule has 0 saturated heterocycles. The molecule has 0 aliphatic heterocycles. The Labute approximate surface area is 91.3 Å². The molecule has 16 heavy (non-hydrogen) atoms. The summed E-state index contributed by atoms with van der Waals surface area (Å²) in [5, 5.41) is 18.3. The molecule has 1 rings (SSSR count). The van der Waals surface area contributed by atoms with Crippen LogP contribution in [0.2, 0.25) is 0 Å². The number of halogens is 1. The first-order valence-corrected chi connectivity index (χ1v) is 4.47. The number of hydrogen-bond donors (Lipinski definition) is 3. The minimum atomic E-state index is -1.53. The van der Waals surface area contributed by atoms with Gasteiger partial charge in [-0.2, -0.15) is 0 Å². The van der Waals surface area contributed by atoms with Gasteiger partial charge in [0.15, 0.2) is 0 Å². The molecule has 5 nitrogen and oxygen atoms in total. The fourth-order valence-electron chi connectivity index (χ4n) is 1.26. The number of benzene rings is 1. The van der Waals surface area contributed by atoms with Gasteiger partial charge >= 0.3 is 5.97 Å². The lowest BCUT2D eigenvalue weighted by molar-refractivity contribution is -0.141. The molecular formula is C10H12FNO4. The molecular weight excluding hydrogens is 217 g/mol. The predicted molar refractivity (Wildman–Crippen MR) is 53.5 cm³/mol. The molecule has 1 aromatic carbocycles. The van der Waals surface area contributed by atoms with Gasteiger partial charge in [0, 0.05) is 5.56 Å². The van der Waals surface area contributed by atoms with Crippen molar-refractivity contribution in [3.05, 3.63) is 29.6 Å². The maximum absolute atomic E-state index is 13.0. The number of rotatable bonds is 4. The molecule has 0 bridgehead atoms. The van der Waals surface area contributed by atoms with Gasteiger partial charge in [-0.15, -0.1) is 0 Å². The van der Waals surface area contributed by atoms with Crippen molar-refractivity contribution in [3.8, 4) is 5.75 Å². The number of aliphatic hydroxyl groups is 1. The highest BCUT2D eigenvalue weighted by Crippen LogP contribution is 2.27. The third-order valence-electron chi connectivity index (χ3n) is 2.14. The van der Waals surface area contributed by atoms with Crippen molar-refractivity contribution in [1.82, 2.24) is 0 Å². The van der Waals surface area contributed by atoms with E-state index in [1.807, 2.05) is 0 Å². The lowest BCUT2D eigenvalue weighted by atomic mass is 10.0. The summed E-state index contributed by atoms with van der Waals surface area (Å²) in [6.45, 7) is 0. The molecule has 0 radical (unpaired) electrons. The van der Waals surface area contributed by atoms with Crippen LogP contribution in [0.15, 0.2) is 18.2 Å². The van der Waals surface area contributed by atoms with E-state index in [0.29, 0.717) is 0 Å². The van der Waals surface area contributed by atoms with E-state index in [4.69, 9.17) is 15.6 Å². The van der Waals surface area contributed by atoms with Crippen molar-refractivity contribution < 1.29 is 24.1 Å². The molecule has 6 heteroatoms. The van der Waals surface area contributed by atoms with E-state index in [-0.39, 0.29) is 11.3 Å². The van der Waals surface area contributed by atoms with Gasteiger partial charge in [-0.25, -0.2) is 4.39 Å². The summed E-state index contributed by atoms with van der Waals surface area (Å²) in [7, 11) is 1.33. The van der Waals surface area contributed by atoms with Crippen LogP contribution in [0.25, 0.3) is 0 Å². The van der Waals surface area contributed by atoms with E-state index >= 15 is 0 Å². The Morgan fingerprint density at radius 2 is 2.19 bits per heavy atom. The second kappa shape index (κ2) is 4.91. The lowest BCUT2D eigenvalue weighted by Crippen LogP contribution is -2.36. The Bertz CT molecular complexity index is 396. The first-order valence-electron chi connectivity index (χ1n) is 4.47. The van der Waals surface area contributed by atoms with E-state index in [0.717, 1.165) is 12.1 Å². The summed E-state index contributed by atoms with van der Waals surface area (Å²) in [4.78, 5) is 10.6. The van der Waals surface area contributed by atoms with Gasteiger partial charge < -0.3 is 20.7 Å². The average molecular weight is 229 g/mol. The number of nitrogens with two attached hydrogens (primary N) is 1. The number of ether oxygens (including phenoxy) is 1. The topological polar surface area (TPSA) is 92.8 Å². The summed E-state index contributed by atoms with van der Waals surface area (Å²) in [6, 6.07) is 1.89. The molecule has 2 atom stereocenters. The minimum Gasteiger partial charge on any atom is -0.496 e. The zero-order valence-electron chi connectivity index (χ0n) is 8.55. The normalized spacial score (nSPS) is 14.2. The Hall–Kier alpha value is -1.66. The molecule has 2 unspecified atom stereocenters. The summed E-state index contributed by atoms with van der Waals surface area (Å²) in [6.07, 6.45) is -1.52. The Balaban J connectivity index is 3.10. The van der Waals surface area contributed by atoms with Crippen molar-refractivity contribution in [1.29, 1.82) is 0 Å². The fraction of sp³-hybridized carbons (Fsp3) is 0.300. The first-order chi connectivity index (χ1) is 7.47. The first kappa shape index (κ1) is 12.4. The molecule has 0 spiro atoms. The van der Waals surface area contributed by atoms with Crippen LogP contribution in [-0.4, -0.2) is 29.3 Å².